The summed E-state index contributed by atoms with van der Waals surface area (Å²) in [6.45, 7) is 2.40. The second-order valence-electron chi connectivity index (χ2n) is 5.86. The van der Waals surface area contributed by atoms with Gasteiger partial charge in [-0.05, 0) is 30.2 Å². The monoisotopic (exact) mass is 316 g/mol. The number of rotatable bonds is 4. The first-order chi connectivity index (χ1) is 11.7. The highest BCUT2D eigenvalue weighted by atomic mass is 16.5. The van der Waals surface area contributed by atoms with E-state index in [1.807, 2.05) is 85.8 Å². The van der Waals surface area contributed by atoms with Gasteiger partial charge in [0.1, 0.15) is 6.61 Å². The zero-order chi connectivity index (χ0) is 16.8. The highest BCUT2D eigenvalue weighted by Crippen LogP contribution is 2.20. The molecule has 3 rings (SSSR count). The molecule has 2 aromatic rings. The molecule has 24 heavy (non-hydrogen) atoms. The molecule has 1 unspecified atom stereocenters. The quantitative estimate of drug-likeness (QED) is 0.725. The van der Waals surface area contributed by atoms with Gasteiger partial charge in [0.05, 0.1) is 5.56 Å². The van der Waals surface area contributed by atoms with Crippen LogP contribution in [0.1, 0.15) is 17.3 Å². The van der Waals surface area contributed by atoms with Gasteiger partial charge in [-0.3, -0.25) is 0 Å². The Kier molecular flexibility index (Phi) is 5.07. The zero-order valence-electron chi connectivity index (χ0n) is 13.7. The van der Waals surface area contributed by atoms with Crippen molar-refractivity contribution in [3.05, 3.63) is 96.1 Å². The number of ether oxygens (including phenoxy) is 1. The summed E-state index contributed by atoms with van der Waals surface area (Å²) >= 11 is 0. The summed E-state index contributed by atoms with van der Waals surface area (Å²) in [6, 6.07) is 17.6. The predicted molar refractivity (Wildman–Crippen MR) is 97.7 cm³/mol. The van der Waals surface area contributed by atoms with E-state index in [4.69, 9.17) is 4.74 Å². The Morgan fingerprint density at radius 2 is 1.67 bits per heavy atom. The molecule has 0 fully saturated rings. The van der Waals surface area contributed by atoms with Crippen LogP contribution in [0, 0.1) is 5.92 Å². The Hall–Kier alpha value is -2.87. The molecule has 0 saturated carbocycles. The van der Waals surface area contributed by atoms with E-state index in [2.05, 4.69) is 6.08 Å². The van der Waals surface area contributed by atoms with Gasteiger partial charge in [0.15, 0.2) is 0 Å². The van der Waals surface area contributed by atoms with Crippen molar-refractivity contribution in [1.29, 1.82) is 0 Å². The van der Waals surface area contributed by atoms with E-state index in [-0.39, 0.29) is 11.9 Å². The van der Waals surface area contributed by atoms with Gasteiger partial charge in [-0.25, -0.2) is 4.79 Å². The molecule has 2 aromatic carbocycles. The number of esters is 1. The van der Waals surface area contributed by atoms with E-state index in [1.165, 1.54) is 5.57 Å². The molecule has 0 aliphatic heterocycles. The molecule has 0 radical (unpaired) electrons. The van der Waals surface area contributed by atoms with Crippen LogP contribution in [0.5, 0.6) is 0 Å². The van der Waals surface area contributed by atoms with Crippen molar-refractivity contribution in [1.82, 2.24) is 0 Å². The van der Waals surface area contributed by atoms with Gasteiger partial charge < -0.3 is 4.74 Å². The first kappa shape index (κ1) is 16.0. The second-order valence-corrected chi connectivity index (χ2v) is 5.86. The topological polar surface area (TPSA) is 26.3 Å². The average Bonchev–Trinajstić information content (AvgIpc) is 2.85. The van der Waals surface area contributed by atoms with Crippen molar-refractivity contribution >= 4 is 5.97 Å². The lowest BCUT2D eigenvalue weighted by Crippen LogP contribution is -2.11. The molecule has 1 aliphatic carbocycles. The highest BCUT2D eigenvalue weighted by molar-refractivity contribution is 5.90. The fraction of sp³-hybridized carbons (Fsp3) is 0.136. The van der Waals surface area contributed by atoms with Gasteiger partial charge in [-0.2, -0.15) is 0 Å². The lowest BCUT2D eigenvalue weighted by atomic mass is 10.0. The number of allylic oxidation sites excluding steroid dienone is 4. The number of hydrogen-bond acceptors (Lipinski definition) is 2. The van der Waals surface area contributed by atoms with Crippen LogP contribution in [-0.2, 0) is 4.74 Å². The maximum Gasteiger partial charge on any atom is 0.338 e. The molecule has 0 saturated heterocycles. The third-order valence-corrected chi connectivity index (χ3v) is 3.96. The molecule has 120 valence electrons. The number of carbonyl (C=O) groups is 1. The fourth-order valence-corrected chi connectivity index (χ4v) is 2.54. The molecule has 0 N–H and O–H groups in total. The van der Waals surface area contributed by atoms with Crippen LogP contribution >= 0.6 is 0 Å². The lowest BCUT2D eigenvalue weighted by molar-refractivity contribution is 0.0484. The van der Waals surface area contributed by atoms with Crippen molar-refractivity contribution in [3.63, 3.8) is 0 Å². The minimum absolute atomic E-state index is 0.117. The first-order valence-electron chi connectivity index (χ1n) is 8.08. The Bertz CT molecular complexity index is 780. The minimum atomic E-state index is -0.287. The van der Waals surface area contributed by atoms with Crippen LogP contribution in [0.3, 0.4) is 0 Å². The van der Waals surface area contributed by atoms with E-state index in [0.29, 0.717) is 12.2 Å². The van der Waals surface area contributed by atoms with Crippen molar-refractivity contribution < 1.29 is 9.53 Å². The van der Waals surface area contributed by atoms with Crippen molar-refractivity contribution in [2.75, 3.05) is 6.61 Å². The smallest absolute Gasteiger partial charge is 0.338 e. The third-order valence-electron chi connectivity index (χ3n) is 3.96. The second kappa shape index (κ2) is 7.60. The Labute approximate surface area is 142 Å². The molecule has 0 heterocycles. The molecule has 1 aliphatic rings. The summed E-state index contributed by atoms with van der Waals surface area (Å²) in [5, 5.41) is 0. The van der Waals surface area contributed by atoms with E-state index in [9.17, 15) is 4.79 Å². The molecule has 0 amide bonds. The molecule has 0 bridgehead atoms. The lowest BCUT2D eigenvalue weighted by Gasteiger charge is -2.09. The van der Waals surface area contributed by atoms with Crippen LogP contribution in [-0.4, -0.2) is 12.6 Å². The molecule has 0 spiro atoms. The summed E-state index contributed by atoms with van der Waals surface area (Å²) < 4.78 is 5.44. The summed E-state index contributed by atoms with van der Waals surface area (Å²) in [7, 11) is 0. The van der Waals surface area contributed by atoms with E-state index < -0.39 is 0 Å². The molecule has 2 heteroatoms. The van der Waals surface area contributed by atoms with Crippen LogP contribution in [0.25, 0.3) is 11.1 Å². The molecule has 1 atom stereocenters. The van der Waals surface area contributed by atoms with Gasteiger partial charge in [-0.15, -0.1) is 0 Å². The van der Waals surface area contributed by atoms with E-state index in [0.717, 1.165) is 11.1 Å². The van der Waals surface area contributed by atoms with Crippen LogP contribution in [0.4, 0.5) is 0 Å². The fourth-order valence-electron chi connectivity index (χ4n) is 2.54. The maximum atomic E-state index is 12.2. The Morgan fingerprint density at radius 1 is 0.958 bits per heavy atom. The van der Waals surface area contributed by atoms with Crippen LogP contribution in [0.2, 0.25) is 0 Å². The van der Waals surface area contributed by atoms with Gasteiger partial charge in [0, 0.05) is 5.92 Å². The maximum absolute atomic E-state index is 12.2. The van der Waals surface area contributed by atoms with Gasteiger partial charge in [-0.1, -0.05) is 78.4 Å². The summed E-state index contributed by atoms with van der Waals surface area (Å²) in [4.78, 5) is 12.2. The largest absolute Gasteiger partial charge is 0.461 e. The van der Waals surface area contributed by atoms with E-state index >= 15 is 0 Å². The molecular formula is C22H20O2. The van der Waals surface area contributed by atoms with Crippen LogP contribution in [0.15, 0.2) is 90.6 Å². The Morgan fingerprint density at radius 3 is 2.42 bits per heavy atom. The summed E-state index contributed by atoms with van der Waals surface area (Å²) in [5.74, 6) is -0.170. The van der Waals surface area contributed by atoms with Gasteiger partial charge in [0.2, 0.25) is 0 Å². The Balaban J connectivity index is 1.61. The number of hydrogen-bond donors (Lipinski definition) is 0. The van der Waals surface area contributed by atoms with Crippen LogP contribution < -0.4 is 0 Å². The van der Waals surface area contributed by atoms with Gasteiger partial charge >= 0.3 is 5.97 Å². The highest BCUT2D eigenvalue weighted by Gasteiger charge is 2.10. The summed E-state index contributed by atoms with van der Waals surface area (Å²) in [5.41, 5.74) is 3.99. The zero-order valence-corrected chi connectivity index (χ0v) is 13.7. The molecule has 0 aromatic heterocycles. The number of carbonyl (C=O) groups excluding carboxylic acids is 1. The van der Waals surface area contributed by atoms with Gasteiger partial charge in [0.25, 0.3) is 0 Å². The number of benzene rings is 2. The van der Waals surface area contributed by atoms with Crippen molar-refractivity contribution in [3.8, 4) is 11.1 Å². The standard InChI is InChI=1S/C22H20O2/c1-17-6-5-7-18(11-10-17)16-24-22(23)21-14-12-20(13-15-21)19-8-3-2-4-9-19/h2-15,18H,16H2,1H3. The third kappa shape index (κ3) is 4.11. The first-order valence-corrected chi connectivity index (χ1v) is 8.08. The molecule has 2 nitrogen and oxygen atoms in total. The minimum Gasteiger partial charge on any atom is -0.461 e. The normalized spacial score (nSPS) is 16.4. The molecular weight excluding hydrogens is 296 g/mol. The SMILES string of the molecule is CC1=CC=CC(COC(=O)c2ccc(-c3ccccc3)cc2)C=C1. The summed E-state index contributed by atoms with van der Waals surface area (Å²) in [6.07, 6.45) is 10.2. The van der Waals surface area contributed by atoms with Crippen molar-refractivity contribution in [2.45, 2.75) is 6.92 Å². The average molecular weight is 316 g/mol. The van der Waals surface area contributed by atoms with Crippen molar-refractivity contribution in [2.24, 2.45) is 5.92 Å². The predicted octanol–water partition coefficient (Wildman–Crippen LogP) is 5.20. The van der Waals surface area contributed by atoms with E-state index in [1.54, 1.807) is 0 Å².